The van der Waals surface area contributed by atoms with Gasteiger partial charge in [0.05, 0.1) is 6.07 Å². The summed E-state index contributed by atoms with van der Waals surface area (Å²) in [6.07, 6.45) is 2.62. The number of nitriles is 1. The topological polar surface area (TPSA) is 47.3 Å². The van der Waals surface area contributed by atoms with Crippen molar-refractivity contribution in [2.45, 2.75) is 32.2 Å². The van der Waals surface area contributed by atoms with Crippen LogP contribution in [0.4, 0.5) is 0 Å². The van der Waals surface area contributed by atoms with Gasteiger partial charge in [0.2, 0.25) is 5.91 Å². The lowest BCUT2D eigenvalue weighted by atomic mass is 10.1. The van der Waals surface area contributed by atoms with Crippen LogP contribution in [-0.2, 0) is 4.79 Å². The lowest BCUT2D eigenvalue weighted by molar-refractivity contribution is -0.133. The maximum absolute atomic E-state index is 12.0. The van der Waals surface area contributed by atoms with Crippen molar-refractivity contribution in [2.75, 3.05) is 26.2 Å². The summed E-state index contributed by atoms with van der Waals surface area (Å²) >= 11 is 5.90. The van der Waals surface area contributed by atoms with Crippen LogP contribution >= 0.6 is 11.6 Å². The summed E-state index contributed by atoms with van der Waals surface area (Å²) in [6.45, 7) is 4.97. The smallest absolute Gasteiger partial charge is 0.222 e. The number of nitrogens with zero attached hydrogens (tertiary/aromatic N) is 3. The standard InChI is InChI=1S/C17H22ClN3O/c1-2-3-4-17(22)21-11-9-20(10-12-21)16(13-19)14-5-7-15(18)8-6-14/h5-8,16H,2-4,9-12H2,1H3. The average molecular weight is 320 g/mol. The molecule has 1 unspecified atom stereocenters. The van der Waals surface area contributed by atoms with Crippen molar-refractivity contribution in [1.82, 2.24) is 9.80 Å². The molecule has 4 nitrogen and oxygen atoms in total. The number of hydrogen-bond donors (Lipinski definition) is 0. The number of amides is 1. The van der Waals surface area contributed by atoms with Gasteiger partial charge < -0.3 is 4.90 Å². The van der Waals surface area contributed by atoms with Crippen LogP contribution < -0.4 is 0 Å². The molecule has 1 aromatic carbocycles. The Morgan fingerprint density at radius 2 is 1.91 bits per heavy atom. The SMILES string of the molecule is CCCCC(=O)N1CCN(C(C#N)c2ccc(Cl)cc2)CC1. The van der Waals surface area contributed by atoms with Gasteiger partial charge in [-0.05, 0) is 24.1 Å². The monoisotopic (exact) mass is 319 g/mol. The molecule has 1 fully saturated rings. The van der Waals surface area contributed by atoms with Gasteiger partial charge in [-0.1, -0.05) is 37.1 Å². The summed E-state index contributed by atoms with van der Waals surface area (Å²) in [7, 11) is 0. The van der Waals surface area contributed by atoms with E-state index in [0.29, 0.717) is 24.5 Å². The van der Waals surface area contributed by atoms with E-state index in [1.54, 1.807) is 0 Å². The molecular formula is C17H22ClN3O. The molecule has 1 saturated heterocycles. The Morgan fingerprint density at radius 3 is 2.45 bits per heavy atom. The Kier molecular flexibility index (Phi) is 6.23. The Labute approximate surface area is 137 Å². The Bertz CT molecular complexity index is 530. The number of carbonyl (C=O) groups excluding carboxylic acids is 1. The lowest BCUT2D eigenvalue weighted by Gasteiger charge is -2.37. The first-order chi connectivity index (χ1) is 10.7. The number of unbranched alkanes of at least 4 members (excludes halogenated alkanes) is 1. The Morgan fingerprint density at radius 1 is 1.27 bits per heavy atom. The maximum atomic E-state index is 12.0. The fourth-order valence-electron chi connectivity index (χ4n) is 2.73. The number of carbonyl (C=O) groups is 1. The summed E-state index contributed by atoms with van der Waals surface area (Å²) in [5, 5.41) is 10.2. The zero-order chi connectivity index (χ0) is 15.9. The second kappa shape index (κ2) is 8.17. The van der Waals surface area contributed by atoms with E-state index in [9.17, 15) is 10.1 Å². The van der Waals surface area contributed by atoms with Crippen LogP contribution in [0, 0.1) is 11.3 Å². The molecule has 1 atom stereocenters. The van der Waals surface area contributed by atoms with Crippen molar-refractivity contribution in [1.29, 1.82) is 5.26 Å². The highest BCUT2D eigenvalue weighted by Gasteiger charge is 2.26. The second-order valence-corrected chi connectivity index (χ2v) is 6.04. The van der Waals surface area contributed by atoms with E-state index in [-0.39, 0.29) is 11.9 Å². The predicted molar refractivity (Wildman–Crippen MR) is 87.5 cm³/mol. The molecule has 0 aliphatic carbocycles. The number of benzene rings is 1. The predicted octanol–water partition coefficient (Wildman–Crippen LogP) is 3.24. The quantitative estimate of drug-likeness (QED) is 0.837. The first kappa shape index (κ1) is 16.8. The minimum atomic E-state index is -0.273. The third-order valence-electron chi connectivity index (χ3n) is 4.08. The van der Waals surface area contributed by atoms with Gasteiger partial charge in [0.1, 0.15) is 6.04 Å². The summed E-state index contributed by atoms with van der Waals surface area (Å²) in [6, 6.07) is 9.51. The van der Waals surface area contributed by atoms with Crippen molar-refractivity contribution in [3.05, 3.63) is 34.9 Å². The second-order valence-electron chi connectivity index (χ2n) is 5.60. The van der Waals surface area contributed by atoms with E-state index in [0.717, 1.165) is 31.5 Å². The molecule has 118 valence electrons. The highest BCUT2D eigenvalue weighted by molar-refractivity contribution is 6.30. The van der Waals surface area contributed by atoms with Crippen molar-refractivity contribution in [3.8, 4) is 6.07 Å². The third-order valence-corrected chi connectivity index (χ3v) is 4.34. The number of piperazine rings is 1. The van der Waals surface area contributed by atoms with Crippen LogP contribution in [0.15, 0.2) is 24.3 Å². The van der Waals surface area contributed by atoms with Gasteiger partial charge >= 0.3 is 0 Å². The molecule has 0 aromatic heterocycles. The normalized spacial score (nSPS) is 17.0. The molecule has 1 amide bonds. The van der Waals surface area contributed by atoms with E-state index >= 15 is 0 Å². The summed E-state index contributed by atoms with van der Waals surface area (Å²) in [5.74, 6) is 0.238. The molecule has 1 aromatic rings. The van der Waals surface area contributed by atoms with Crippen molar-refractivity contribution >= 4 is 17.5 Å². The average Bonchev–Trinajstić information content (AvgIpc) is 2.55. The lowest BCUT2D eigenvalue weighted by Crippen LogP contribution is -2.49. The van der Waals surface area contributed by atoms with E-state index in [4.69, 9.17) is 11.6 Å². The summed E-state index contributed by atoms with van der Waals surface area (Å²) in [5.41, 5.74) is 0.956. The van der Waals surface area contributed by atoms with Gasteiger partial charge in [-0.3, -0.25) is 9.69 Å². The highest BCUT2D eigenvalue weighted by Crippen LogP contribution is 2.23. The van der Waals surface area contributed by atoms with Gasteiger partial charge in [-0.2, -0.15) is 5.26 Å². The third kappa shape index (κ3) is 4.22. The fourth-order valence-corrected chi connectivity index (χ4v) is 2.85. The Balaban J connectivity index is 1.93. The van der Waals surface area contributed by atoms with Crippen LogP contribution in [0.2, 0.25) is 5.02 Å². The van der Waals surface area contributed by atoms with Crippen molar-refractivity contribution < 1.29 is 4.79 Å². The van der Waals surface area contributed by atoms with Gasteiger partial charge in [0, 0.05) is 37.6 Å². The van der Waals surface area contributed by atoms with E-state index < -0.39 is 0 Å². The fraction of sp³-hybridized carbons (Fsp3) is 0.529. The van der Waals surface area contributed by atoms with Crippen molar-refractivity contribution in [2.24, 2.45) is 0 Å². The summed E-state index contributed by atoms with van der Waals surface area (Å²) in [4.78, 5) is 16.1. The van der Waals surface area contributed by atoms with Gasteiger partial charge in [0.15, 0.2) is 0 Å². The zero-order valence-electron chi connectivity index (χ0n) is 13.0. The van der Waals surface area contributed by atoms with Gasteiger partial charge in [-0.25, -0.2) is 0 Å². The molecule has 0 radical (unpaired) electrons. The molecule has 1 aliphatic heterocycles. The molecular weight excluding hydrogens is 298 g/mol. The van der Waals surface area contributed by atoms with Crippen LogP contribution in [-0.4, -0.2) is 41.9 Å². The molecule has 0 saturated carbocycles. The zero-order valence-corrected chi connectivity index (χ0v) is 13.7. The first-order valence-electron chi connectivity index (χ1n) is 7.82. The molecule has 0 bridgehead atoms. The molecule has 1 heterocycles. The Hall–Kier alpha value is -1.57. The summed E-state index contributed by atoms with van der Waals surface area (Å²) < 4.78 is 0. The van der Waals surface area contributed by atoms with Crippen LogP contribution in [0.1, 0.15) is 37.8 Å². The minimum Gasteiger partial charge on any atom is -0.340 e. The minimum absolute atomic E-state index is 0.238. The number of rotatable bonds is 5. The molecule has 1 aliphatic rings. The largest absolute Gasteiger partial charge is 0.340 e. The van der Waals surface area contributed by atoms with Crippen LogP contribution in [0.5, 0.6) is 0 Å². The van der Waals surface area contributed by atoms with Gasteiger partial charge in [0.25, 0.3) is 0 Å². The van der Waals surface area contributed by atoms with E-state index in [1.807, 2.05) is 29.2 Å². The molecule has 2 rings (SSSR count). The molecule has 5 heteroatoms. The molecule has 0 N–H and O–H groups in total. The molecule has 22 heavy (non-hydrogen) atoms. The van der Waals surface area contributed by atoms with Crippen molar-refractivity contribution in [3.63, 3.8) is 0 Å². The van der Waals surface area contributed by atoms with Crippen LogP contribution in [0.25, 0.3) is 0 Å². The van der Waals surface area contributed by atoms with Gasteiger partial charge in [-0.15, -0.1) is 0 Å². The highest BCUT2D eigenvalue weighted by atomic mass is 35.5. The van der Waals surface area contributed by atoms with E-state index in [1.165, 1.54) is 0 Å². The first-order valence-corrected chi connectivity index (χ1v) is 8.20. The number of hydrogen-bond acceptors (Lipinski definition) is 3. The van der Waals surface area contributed by atoms with E-state index in [2.05, 4.69) is 17.9 Å². The number of halogens is 1. The van der Waals surface area contributed by atoms with Crippen LogP contribution in [0.3, 0.4) is 0 Å². The maximum Gasteiger partial charge on any atom is 0.222 e. The molecule has 0 spiro atoms.